The zero-order valence-electron chi connectivity index (χ0n) is 10.1. The lowest BCUT2D eigenvalue weighted by atomic mass is 10.3. The monoisotopic (exact) mass is 328 g/mol. The van der Waals surface area contributed by atoms with Crippen molar-refractivity contribution in [3.8, 4) is 5.75 Å². The van der Waals surface area contributed by atoms with Gasteiger partial charge in [-0.2, -0.15) is 0 Å². The second-order valence-corrected chi connectivity index (χ2v) is 4.34. The van der Waals surface area contributed by atoms with Crippen LogP contribution >= 0.6 is 23.2 Å². The van der Waals surface area contributed by atoms with Gasteiger partial charge in [0.25, 0.3) is 5.69 Å². The minimum atomic E-state index is -0.852. The van der Waals surface area contributed by atoms with Crippen LogP contribution in [0.1, 0.15) is 0 Å². The molecule has 0 aliphatic carbocycles. The second kappa shape index (κ2) is 6.33. The highest BCUT2D eigenvalue weighted by Crippen LogP contribution is 2.18. The molecule has 0 bridgehead atoms. The number of hydrogen-bond acceptors (Lipinski definition) is 6. The molecule has 1 N–H and O–H groups in total. The zero-order chi connectivity index (χ0) is 15.4. The molecule has 1 aromatic carbocycles. The SMILES string of the molecule is O=C(Nc1cc(Cl)nc(Cl)n1)Oc1ccc([N+](=O)[O-])cc1. The summed E-state index contributed by atoms with van der Waals surface area (Å²) in [4.78, 5) is 28.9. The van der Waals surface area contributed by atoms with Crippen molar-refractivity contribution in [2.24, 2.45) is 0 Å². The molecule has 0 spiro atoms. The van der Waals surface area contributed by atoms with Crippen molar-refractivity contribution >= 4 is 40.8 Å². The van der Waals surface area contributed by atoms with Crippen LogP contribution in [0.25, 0.3) is 0 Å². The average molecular weight is 329 g/mol. The van der Waals surface area contributed by atoms with Crippen LogP contribution in [-0.2, 0) is 0 Å². The predicted octanol–water partition coefficient (Wildman–Crippen LogP) is 3.30. The summed E-state index contributed by atoms with van der Waals surface area (Å²) in [6.07, 6.45) is -0.852. The minimum absolute atomic E-state index is 0.0561. The fourth-order valence-corrected chi connectivity index (χ4v) is 1.74. The molecule has 2 rings (SSSR count). The molecule has 0 fully saturated rings. The van der Waals surface area contributed by atoms with Gasteiger partial charge in [0.05, 0.1) is 4.92 Å². The second-order valence-electron chi connectivity index (χ2n) is 3.61. The molecular formula is C11H6Cl2N4O4. The molecule has 1 aromatic heterocycles. The van der Waals surface area contributed by atoms with Crippen molar-refractivity contribution < 1.29 is 14.5 Å². The summed E-state index contributed by atoms with van der Waals surface area (Å²) < 4.78 is 4.91. The summed E-state index contributed by atoms with van der Waals surface area (Å²) in [6, 6.07) is 6.28. The summed E-state index contributed by atoms with van der Waals surface area (Å²) in [5.74, 6) is 0.191. The van der Waals surface area contributed by atoms with E-state index in [9.17, 15) is 14.9 Å². The Bertz CT molecular complexity index is 673. The maximum absolute atomic E-state index is 11.6. The number of nitro benzene ring substituents is 1. The summed E-state index contributed by atoms with van der Waals surface area (Å²) in [7, 11) is 0. The number of hydrogen-bond donors (Lipinski definition) is 1. The van der Waals surface area contributed by atoms with Gasteiger partial charge >= 0.3 is 6.09 Å². The van der Waals surface area contributed by atoms with Gasteiger partial charge in [0.2, 0.25) is 5.28 Å². The van der Waals surface area contributed by atoms with Crippen LogP contribution in [0.4, 0.5) is 16.3 Å². The summed E-state index contributed by atoms with van der Waals surface area (Å²) in [5.41, 5.74) is -0.114. The number of rotatable bonds is 3. The molecule has 0 radical (unpaired) electrons. The van der Waals surface area contributed by atoms with Crippen molar-refractivity contribution in [2.75, 3.05) is 5.32 Å². The lowest BCUT2D eigenvalue weighted by Crippen LogP contribution is -2.17. The topological polar surface area (TPSA) is 107 Å². The van der Waals surface area contributed by atoms with E-state index in [4.69, 9.17) is 27.9 Å². The van der Waals surface area contributed by atoms with E-state index in [1.807, 2.05) is 0 Å². The highest BCUT2D eigenvalue weighted by atomic mass is 35.5. The van der Waals surface area contributed by atoms with Gasteiger partial charge in [-0.3, -0.25) is 15.4 Å². The highest BCUT2D eigenvalue weighted by molar-refractivity contribution is 6.32. The quantitative estimate of drug-likeness (QED) is 0.401. The number of amides is 1. The number of aromatic nitrogens is 2. The predicted molar refractivity (Wildman–Crippen MR) is 74.8 cm³/mol. The first kappa shape index (κ1) is 14.9. The Morgan fingerprint density at radius 3 is 2.48 bits per heavy atom. The van der Waals surface area contributed by atoms with E-state index in [1.165, 1.54) is 30.3 Å². The largest absolute Gasteiger partial charge is 0.418 e. The van der Waals surface area contributed by atoms with Crippen LogP contribution in [0, 0.1) is 10.1 Å². The van der Waals surface area contributed by atoms with E-state index < -0.39 is 11.0 Å². The number of carbonyl (C=O) groups is 1. The third-order valence-corrected chi connectivity index (χ3v) is 2.52. The Morgan fingerprint density at radius 1 is 1.24 bits per heavy atom. The number of carbonyl (C=O) groups excluding carboxylic acids is 1. The first-order valence-electron chi connectivity index (χ1n) is 5.37. The standard InChI is InChI=1S/C11H6Cl2N4O4/c12-8-5-9(15-10(13)14-8)16-11(18)21-7-3-1-6(2-4-7)17(19)20/h1-5H,(H,14,15,16,18). The molecule has 1 heterocycles. The number of anilines is 1. The number of nitrogens with one attached hydrogen (secondary N) is 1. The van der Waals surface area contributed by atoms with Crippen LogP contribution in [-0.4, -0.2) is 21.0 Å². The van der Waals surface area contributed by atoms with Gasteiger partial charge in [-0.05, 0) is 23.7 Å². The van der Waals surface area contributed by atoms with E-state index in [2.05, 4.69) is 15.3 Å². The fourth-order valence-electron chi connectivity index (χ4n) is 1.33. The smallest absolute Gasteiger partial charge is 0.410 e. The van der Waals surface area contributed by atoms with Crippen LogP contribution in [0.15, 0.2) is 30.3 Å². The summed E-state index contributed by atoms with van der Waals surface area (Å²) >= 11 is 11.2. The third-order valence-electron chi connectivity index (χ3n) is 2.16. The van der Waals surface area contributed by atoms with Crippen molar-refractivity contribution in [2.45, 2.75) is 0 Å². The highest BCUT2D eigenvalue weighted by Gasteiger charge is 2.10. The molecule has 21 heavy (non-hydrogen) atoms. The molecule has 0 saturated heterocycles. The maximum atomic E-state index is 11.6. The Hall–Kier alpha value is -2.45. The van der Waals surface area contributed by atoms with Gasteiger partial charge in [0, 0.05) is 18.2 Å². The lowest BCUT2D eigenvalue weighted by Gasteiger charge is -2.06. The fraction of sp³-hybridized carbons (Fsp3) is 0. The summed E-state index contributed by atoms with van der Waals surface area (Å²) in [6.45, 7) is 0. The van der Waals surface area contributed by atoms with Gasteiger partial charge in [-0.1, -0.05) is 11.6 Å². The molecule has 8 nitrogen and oxygen atoms in total. The minimum Gasteiger partial charge on any atom is -0.410 e. The average Bonchev–Trinajstić information content (AvgIpc) is 2.37. The Morgan fingerprint density at radius 2 is 1.90 bits per heavy atom. The maximum Gasteiger partial charge on any atom is 0.418 e. The first-order valence-corrected chi connectivity index (χ1v) is 6.13. The van der Waals surface area contributed by atoms with Gasteiger partial charge < -0.3 is 4.74 Å². The molecule has 0 unspecified atom stereocenters. The Labute approximate surface area is 127 Å². The van der Waals surface area contributed by atoms with Crippen molar-refractivity contribution in [1.29, 1.82) is 0 Å². The lowest BCUT2D eigenvalue weighted by molar-refractivity contribution is -0.384. The van der Waals surface area contributed by atoms with Crippen LogP contribution in [0.5, 0.6) is 5.75 Å². The van der Waals surface area contributed by atoms with Crippen molar-refractivity contribution in [1.82, 2.24) is 9.97 Å². The van der Waals surface area contributed by atoms with E-state index in [1.54, 1.807) is 0 Å². The number of non-ortho nitro benzene ring substituents is 1. The normalized spacial score (nSPS) is 10.0. The number of nitro groups is 1. The van der Waals surface area contributed by atoms with Gasteiger partial charge in [0.1, 0.15) is 16.7 Å². The van der Waals surface area contributed by atoms with Crippen LogP contribution < -0.4 is 10.1 Å². The Kier molecular flexibility index (Phi) is 4.51. The molecule has 1 amide bonds. The first-order chi connectivity index (χ1) is 9.94. The van der Waals surface area contributed by atoms with Crippen molar-refractivity contribution in [3.05, 3.63) is 50.9 Å². The van der Waals surface area contributed by atoms with Gasteiger partial charge in [-0.15, -0.1) is 0 Å². The third kappa shape index (κ3) is 4.26. The molecular weight excluding hydrogens is 323 g/mol. The van der Waals surface area contributed by atoms with Gasteiger partial charge in [-0.25, -0.2) is 14.8 Å². The number of benzene rings is 1. The Balaban J connectivity index is 2.02. The molecule has 0 aliphatic heterocycles. The number of halogens is 2. The van der Waals surface area contributed by atoms with E-state index >= 15 is 0 Å². The van der Waals surface area contributed by atoms with E-state index in [-0.39, 0.29) is 27.7 Å². The zero-order valence-corrected chi connectivity index (χ0v) is 11.6. The van der Waals surface area contributed by atoms with Crippen LogP contribution in [0.3, 0.4) is 0 Å². The van der Waals surface area contributed by atoms with Crippen LogP contribution in [0.2, 0.25) is 10.4 Å². The molecule has 10 heteroatoms. The molecule has 2 aromatic rings. The number of nitrogens with zero attached hydrogens (tertiary/aromatic N) is 3. The van der Waals surface area contributed by atoms with Crippen molar-refractivity contribution in [3.63, 3.8) is 0 Å². The van der Waals surface area contributed by atoms with E-state index in [0.717, 1.165) is 0 Å². The molecule has 0 aliphatic rings. The summed E-state index contributed by atoms with van der Waals surface area (Å²) in [5, 5.41) is 12.7. The molecule has 0 atom stereocenters. The van der Waals surface area contributed by atoms with E-state index in [0.29, 0.717) is 0 Å². The van der Waals surface area contributed by atoms with Gasteiger partial charge in [0.15, 0.2) is 0 Å². The number of ether oxygens (including phenoxy) is 1. The molecule has 0 saturated carbocycles. The molecule has 108 valence electrons.